The van der Waals surface area contributed by atoms with E-state index in [-0.39, 0.29) is 11.9 Å². The number of nitrogens with one attached hydrogen (secondary N) is 1. The summed E-state index contributed by atoms with van der Waals surface area (Å²) in [7, 11) is 1.63. The van der Waals surface area contributed by atoms with Gasteiger partial charge in [-0.3, -0.25) is 4.79 Å². The molecular weight excluding hydrogens is 292 g/mol. The van der Waals surface area contributed by atoms with E-state index in [1.165, 1.54) is 0 Å². The summed E-state index contributed by atoms with van der Waals surface area (Å²) < 4.78 is 6.75. The van der Waals surface area contributed by atoms with E-state index in [0.717, 1.165) is 17.7 Å². The van der Waals surface area contributed by atoms with Crippen LogP contribution in [0.15, 0.2) is 48.9 Å². The first-order chi connectivity index (χ1) is 11.2. The van der Waals surface area contributed by atoms with Gasteiger partial charge in [0.1, 0.15) is 11.3 Å². The molecule has 0 aliphatic rings. The second-order valence-corrected chi connectivity index (χ2v) is 5.15. The van der Waals surface area contributed by atoms with Gasteiger partial charge in [0.05, 0.1) is 19.3 Å². The van der Waals surface area contributed by atoms with Crippen LogP contribution in [0.1, 0.15) is 35.3 Å². The molecule has 1 amide bonds. The predicted octanol–water partition coefficient (Wildman–Crippen LogP) is 2.62. The van der Waals surface area contributed by atoms with Gasteiger partial charge in [-0.2, -0.15) is 5.10 Å². The van der Waals surface area contributed by atoms with Crippen molar-refractivity contribution in [1.82, 2.24) is 19.9 Å². The number of amides is 1. The SMILES string of the molecule is CC[C@@H](NC(=O)c1cnn2cccnc12)c1ccc(OC)cc1. The Morgan fingerprint density at radius 1 is 1.35 bits per heavy atom. The second-order valence-electron chi connectivity index (χ2n) is 5.15. The number of rotatable bonds is 5. The fourth-order valence-electron chi connectivity index (χ4n) is 2.48. The first-order valence-corrected chi connectivity index (χ1v) is 7.46. The Kier molecular flexibility index (Phi) is 4.23. The minimum Gasteiger partial charge on any atom is -0.497 e. The first kappa shape index (κ1) is 15.0. The molecule has 0 aliphatic heterocycles. The Bertz CT molecular complexity index is 811. The van der Waals surface area contributed by atoms with Crippen LogP contribution in [0.25, 0.3) is 5.65 Å². The third kappa shape index (κ3) is 3.01. The normalized spacial score (nSPS) is 12.1. The van der Waals surface area contributed by atoms with Crippen LogP contribution in [0.3, 0.4) is 0 Å². The number of fused-ring (bicyclic) bond motifs is 1. The number of ether oxygens (including phenoxy) is 1. The number of methoxy groups -OCH3 is 1. The van der Waals surface area contributed by atoms with Gasteiger partial charge >= 0.3 is 0 Å². The molecule has 2 aromatic heterocycles. The summed E-state index contributed by atoms with van der Waals surface area (Å²) >= 11 is 0. The maximum Gasteiger partial charge on any atom is 0.257 e. The lowest BCUT2D eigenvalue weighted by molar-refractivity contribution is 0.0937. The van der Waals surface area contributed by atoms with Crippen molar-refractivity contribution in [3.63, 3.8) is 0 Å². The van der Waals surface area contributed by atoms with Gasteiger partial charge in [-0.05, 0) is 30.2 Å². The molecule has 0 aliphatic carbocycles. The molecule has 6 heteroatoms. The van der Waals surface area contributed by atoms with E-state index in [2.05, 4.69) is 15.4 Å². The van der Waals surface area contributed by atoms with Crippen LogP contribution in [0.4, 0.5) is 0 Å². The van der Waals surface area contributed by atoms with Gasteiger partial charge in [-0.15, -0.1) is 0 Å². The Morgan fingerprint density at radius 2 is 2.13 bits per heavy atom. The summed E-state index contributed by atoms with van der Waals surface area (Å²) in [6.45, 7) is 2.03. The van der Waals surface area contributed by atoms with Crippen LogP contribution in [0.2, 0.25) is 0 Å². The van der Waals surface area contributed by atoms with Crippen LogP contribution in [-0.4, -0.2) is 27.6 Å². The van der Waals surface area contributed by atoms with Crippen molar-refractivity contribution in [1.29, 1.82) is 0 Å². The molecule has 1 atom stereocenters. The average molecular weight is 310 g/mol. The first-order valence-electron chi connectivity index (χ1n) is 7.46. The summed E-state index contributed by atoms with van der Waals surface area (Å²) in [6.07, 6.45) is 5.73. The standard InChI is InChI=1S/C17H18N4O2/c1-3-15(12-5-7-13(23-2)8-6-12)20-17(22)14-11-19-21-10-4-9-18-16(14)21/h4-11,15H,3H2,1-2H3,(H,20,22)/t15-/m1/s1. The van der Waals surface area contributed by atoms with Crippen molar-refractivity contribution < 1.29 is 9.53 Å². The monoisotopic (exact) mass is 310 g/mol. The molecule has 1 N–H and O–H groups in total. The van der Waals surface area contributed by atoms with Crippen molar-refractivity contribution in [2.45, 2.75) is 19.4 Å². The van der Waals surface area contributed by atoms with Gasteiger partial charge < -0.3 is 10.1 Å². The van der Waals surface area contributed by atoms with Gasteiger partial charge in [-0.25, -0.2) is 9.50 Å². The molecule has 3 aromatic rings. The molecule has 0 radical (unpaired) electrons. The topological polar surface area (TPSA) is 68.5 Å². The molecule has 0 saturated heterocycles. The number of aromatic nitrogens is 3. The third-order valence-electron chi connectivity index (χ3n) is 3.76. The summed E-state index contributed by atoms with van der Waals surface area (Å²) in [6, 6.07) is 9.39. The zero-order valence-electron chi connectivity index (χ0n) is 13.1. The molecule has 23 heavy (non-hydrogen) atoms. The van der Waals surface area contributed by atoms with E-state index in [0.29, 0.717) is 11.2 Å². The minimum atomic E-state index is -0.179. The fraction of sp³-hybridized carbons (Fsp3) is 0.235. The lowest BCUT2D eigenvalue weighted by Gasteiger charge is -2.17. The Hall–Kier alpha value is -2.89. The van der Waals surface area contributed by atoms with Crippen molar-refractivity contribution in [3.8, 4) is 5.75 Å². The Balaban J connectivity index is 1.81. The molecule has 0 fully saturated rings. The van der Waals surface area contributed by atoms with Gasteiger partial charge in [0.25, 0.3) is 5.91 Å². The molecule has 0 saturated carbocycles. The summed E-state index contributed by atoms with van der Waals surface area (Å²) in [5, 5.41) is 7.19. The van der Waals surface area contributed by atoms with E-state index >= 15 is 0 Å². The number of hydrogen-bond acceptors (Lipinski definition) is 4. The van der Waals surface area contributed by atoms with E-state index in [4.69, 9.17) is 4.74 Å². The lowest BCUT2D eigenvalue weighted by atomic mass is 10.0. The van der Waals surface area contributed by atoms with Crippen LogP contribution < -0.4 is 10.1 Å². The van der Waals surface area contributed by atoms with Crippen LogP contribution in [0, 0.1) is 0 Å². The van der Waals surface area contributed by atoms with Crippen molar-refractivity contribution in [3.05, 3.63) is 60.0 Å². The molecule has 2 heterocycles. The zero-order chi connectivity index (χ0) is 16.2. The average Bonchev–Trinajstić information content (AvgIpc) is 3.04. The van der Waals surface area contributed by atoms with Crippen molar-refractivity contribution >= 4 is 11.6 Å². The highest BCUT2D eigenvalue weighted by atomic mass is 16.5. The predicted molar refractivity (Wildman–Crippen MR) is 86.5 cm³/mol. The quantitative estimate of drug-likeness (QED) is 0.786. The van der Waals surface area contributed by atoms with Crippen LogP contribution >= 0.6 is 0 Å². The number of hydrogen-bond donors (Lipinski definition) is 1. The molecule has 0 bridgehead atoms. The molecule has 0 spiro atoms. The van der Waals surface area contributed by atoms with Gasteiger partial charge in [0, 0.05) is 12.4 Å². The van der Waals surface area contributed by atoms with E-state index in [1.807, 2.05) is 31.2 Å². The number of nitrogens with zero attached hydrogens (tertiary/aromatic N) is 3. The molecule has 0 unspecified atom stereocenters. The highest BCUT2D eigenvalue weighted by molar-refractivity contribution is 5.99. The van der Waals surface area contributed by atoms with Gasteiger partial charge in [0.2, 0.25) is 0 Å². The lowest BCUT2D eigenvalue weighted by Crippen LogP contribution is -2.28. The van der Waals surface area contributed by atoms with Crippen molar-refractivity contribution in [2.24, 2.45) is 0 Å². The third-order valence-corrected chi connectivity index (χ3v) is 3.76. The molecule has 6 nitrogen and oxygen atoms in total. The minimum absolute atomic E-state index is 0.0768. The number of carbonyl (C=O) groups is 1. The maximum absolute atomic E-state index is 12.6. The van der Waals surface area contributed by atoms with Crippen LogP contribution in [-0.2, 0) is 0 Å². The Morgan fingerprint density at radius 3 is 2.83 bits per heavy atom. The van der Waals surface area contributed by atoms with E-state index < -0.39 is 0 Å². The number of benzene rings is 1. The largest absolute Gasteiger partial charge is 0.497 e. The van der Waals surface area contributed by atoms with Crippen molar-refractivity contribution in [2.75, 3.05) is 7.11 Å². The van der Waals surface area contributed by atoms with Gasteiger partial charge in [0.15, 0.2) is 5.65 Å². The molecule has 3 rings (SSSR count). The molecular formula is C17H18N4O2. The summed E-state index contributed by atoms with van der Waals surface area (Å²) in [5.74, 6) is 0.614. The zero-order valence-corrected chi connectivity index (χ0v) is 13.1. The maximum atomic E-state index is 12.6. The second kappa shape index (κ2) is 6.48. The summed E-state index contributed by atoms with van der Waals surface area (Å²) in [5.41, 5.74) is 2.05. The Labute approximate surface area is 134 Å². The summed E-state index contributed by atoms with van der Waals surface area (Å²) in [4.78, 5) is 16.8. The molecule has 118 valence electrons. The van der Waals surface area contributed by atoms with Gasteiger partial charge in [-0.1, -0.05) is 19.1 Å². The highest BCUT2D eigenvalue weighted by Crippen LogP contribution is 2.21. The van der Waals surface area contributed by atoms with E-state index in [1.54, 1.807) is 36.3 Å². The number of carbonyl (C=O) groups excluding carboxylic acids is 1. The molecule has 1 aromatic carbocycles. The smallest absolute Gasteiger partial charge is 0.257 e. The highest BCUT2D eigenvalue weighted by Gasteiger charge is 2.18. The van der Waals surface area contributed by atoms with Crippen LogP contribution in [0.5, 0.6) is 5.75 Å². The van der Waals surface area contributed by atoms with E-state index in [9.17, 15) is 4.79 Å². The fourth-order valence-corrected chi connectivity index (χ4v) is 2.48.